The molecule has 1 aliphatic rings. The van der Waals surface area contributed by atoms with E-state index in [0.29, 0.717) is 6.42 Å². The molecule has 0 aromatic carbocycles. The number of aliphatic imine (C=N–C) groups is 1. The average molecular weight is 338 g/mol. The molecule has 1 saturated heterocycles. The van der Waals surface area contributed by atoms with Crippen LogP contribution in [0.5, 0.6) is 0 Å². The van der Waals surface area contributed by atoms with Crippen molar-refractivity contribution >= 4 is 23.3 Å². The number of imidazole rings is 1. The Morgan fingerprint density at radius 2 is 2.12 bits per heavy atom. The predicted molar refractivity (Wildman–Crippen MR) is 83.3 cm³/mol. The number of hydrogen-bond acceptors (Lipinski definition) is 7. The lowest BCUT2D eigenvalue weighted by molar-refractivity contribution is -0.0356. The highest BCUT2D eigenvalue weighted by Gasteiger charge is 2.43. The molecule has 24 heavy (non-hydrogen) atoms. The monoisotopic (exact) mass is 338 g/mol. The van der Waals surface area contributed by atoms with Gasteiger partial charge in [-0.25, -0.2) is 9.98 Å². The van der Waals surface area contributed by atoms with Gasteiger partial charge in [0.1, 0.15) is 12.2 Å². The van der Waals surface area contributed by atoms with Crippen LogP contribution in [0, 0.1) is 6.08 Å². The van der Waals surface area contributed by atoms with Crippen molar-refractivity contribution in [1.82, 2.24) is 24.4 Å². The minimum atomic E-state index is -1.17. The van der Waals surface area contributed by atoms with Crippen LogP contribution in [0.25, 0.3) is 11.2 Å². The van der Waals surface area contributed by atoms with Crippen molar-refractivity contribution in [3.63, 3.8) is 0 Å². The number of rotatable bonds is 4. The molecule has 3 heterocycles. The standard InChI is InChI=1S/C14H19FN6O3/c1-4-7-9(22)10(23)13(24-7)21-6-16-8-11(17-5-20(2)3)18-14(15)19-12(8)21/h5-7,9-10,13,22-23H,4H2,1-3H3/b17-5+/t7-,9-,10-,13?/m1/s1. The first-order chi connectivity index (χ1) is 11.4. The van der Waals surface area contributed by atoms with Gasteiger partial charge in [0.25, 0.3) is 0 Å². The van der Waals surface area contributed by atoms with E-state index in [2.05, 4.69) is 19.9 Å². The lowest BCUT2D eigenvalue weighted by atomic mass is 10.1. The number of halogens is 1. The lowest BCUT2D eigenvalue weighted by Crippen LogP contribution is -2.31. The van der Waals surface area contributed by atoms with Gasteiger partial charge in [0.2, 0.25) is 0 Å². The summed E-state index contributed by atoms with van der Waals surface area (Å²) in [4.78, 5) is 17.3. The molecular weight excluding hydrogens is 319 g/mol. The first kappa shape index (κ1) is 16.7. The Labute approximate surface area is 137 Å². The topological polar surface area (TPSA) is 109 Å². The fourth-order valence-electron chi connectivity index (χ4n) is 2.62. The van der Waals surface area contributed by atoms with E-state index >= 15 is 0 Å². The Balaban J connectivity index is 2.05. The van der Waals surface area contributed by atoms with Crippen LogP contribution in [0.2, 0.25) is 0 Å². The summed E-state index contributed by atoms with van der Waals surface area (Å²) in [6.07, 6.45) is -1.22. The summed E-state index contributed by atoms with van der Waals surface area (Å²) in [5.74, 6) is 0.0741. The molecule has 1 fully saturated rings. The molecule has 0 radical (unpaired) electrons. The fourth-order valence-corrected chi connectivity index (χ4v) is 2.62. The molecule has 0 bridgehead atoms. The SMILES string of the molecule is CC[C@H]1OC(n2cnc3c(/N=C/N(C)C)nc(F)nc32)[C@H](O)[C@@H]1O. The van der Waals surface area contributed by atoms with E-state index in [1.165, 1.54) is 17.2 Å². The van der Waals surface area contributed by atoms with Gasteiger partial charge in [0.15, 0.2) is 23.2 Å². The molecule has 0 saturated carbocycles. The number of aromatic nitrogens is 4. The van der Waals surface area contributed by atoms with Gasteiger partial charge in [0.05, 0.1) is 18.8 Å². The summed E-state index contributed by atoms with van der Waals surface area (Å²) < 4.78 is 20.8. The molecule has 2 aromatic heterocycles. The maximum atomic E-state index is 13.8. The van der Waals surface area contributed by atoms with E-state index in [1.54, 1.807) is 19.0 Å². The highest BCUT2D eigenvalue weighted by Crippen LogP contribution is 2.33. The zero-order valence-electron chi connectivity index (χ0n) is 13.5. The first-order valence-corrected chi connectivity index (χ1v) is 7.54. The zero-order chi connectivity index (χ0) is 17.4. The van der Waals surface area contributed by atoms with Crippen LogP contribution in [0.4, 0.5) is 10.2 Å². The van der Waals surface area contributed by atoms with E-state index < -0.39 is 30.6 Å². The molecule has 10 heteroatoms. The maximum absolute atomic E-state index is 13.8. The summed E-state index contributed by atoms with van der Waals surface area (Å²) in [5, 5.41) is 20.2. The van der Waals surface area contributed by atoms with Crippen molar-refractivity contribution in [2.75, 3.05) is 14.1 Å². The third kappa shape index (κ3) is 2.83. The van der Waals surface area contributed by atoms with Crippen molar-refractivity contribution in [3.05, 3.63) is 12.4 Å². The second kappa shape index (κ2) is 6.38. The quantitative estimate of drug-likeness (QED) is 0.466. The Morgan fingerprint density at radius 3 is 2.75 bits per heavy atom. The van der Waals surface area contributed by atoms with E-state index in [4.69, 9.17) is 4.74 Å². The molecule has 0 aliphatic carbocycles. The van der Waals surface area contributed by atoms with Crippen molar-refractivity contribution in [3.8, 4) is 0 Å². The Kier molecular flexibility index (Phi) is 4.43. The highest BCUT2D eigenvalue weighted by atomic mass is 19.1. The third-order valence-corrected chi connectivity index (χ3v) is 3.80. The molecular formula is C14H19FN6O3. The third-order valence-electron chi connectivity index (χ3n) is 3.80. The van der Waals surface area contributed by atoms with E-state index in [1.807, 2.05) is 6.92 Å². The molecule has 1 unspecified atom stereocenters. The predicted octanol–water partition coefficient (Wildman–Crippen LogP) is 0.216. The van der Waals surface area contributed by atoms with Crippen molar-refractivity contribution < 1.29 is 19.3 Å². The largest absolute Gasteiger partial charge is 0.388 e. The summed E-state index contributed by atoms with van der Waals surface area (Å²) >= 11 is 0. The number of aliphatic hydroxyl groups excluding tert-OH is 2. The van der Waals surface area contributed by atoms with Gasteiger partial charge < -0.3 is 19.8 Å². The lowest BCUT2D eigenvalue weighted by Gasteiger charge is -2.16. The molecule has 2 aromatic rings. The number of hydrogen-bond donors (Lipinski definition) is 2. The molecule has 3 rings (SSSR count). The molecule has 130 valence electrons. The maximum Gasteiger partial charge on any atom is 0.312 e. The Hall–Kier alpha value is -2.17. The number of nitrogens with zero attached hydrogens (tertiary/aromatic N) is 6. The molecule has 0 amide bonds. The summed E-state index contributed by atoms with van der Waals surface area (Å²) in [5.41, 5.74) is 0.418. The van der Waals surface area contributed by atoms with Gasteiger partial charge in [0, 0.05) is 14.1 Å². The van der Waals surface area contributed by atoms with Crippen molar-refractivity contribution in [2.45, 2.75) is 37.9 Å². The van der Waals surface area contributed by atoms with Gasteiger partial charge in [-0.1, -0.05) is 6.92 Å². The van der Waals surface area contributed by atoms with Crippen molar-refractivity contribution in [1.29, 1.82) is 0 Å². The fraction of sp³-hybridized carbons (Fsp3) is 0.571. The number of aliphatic hydroxyl groups is 2. The second-order valence-electron chi connectivity index (χ2n) is 5.80. The molecule has 2 N–H and O–H groups in total. The van der Waals surface area contributed by atoms with Gasteiger partial charge in [-0.05, 0) is 6.42 Å². The molecule has 9 nitrogen and oxygen atoms in total. The van der Waals surface area contributed by atoms with Gasteiger partial charge >= 0.3 is 6.08 Å². The normalized spacial score (nSPS) is 27.4. The Morgan fingerprint density at radius 1 is 1.38 bits per heavy atom. The van der Waals surface area contributed by atoms with E-state index in [-0.39, 0.29) is 17.0 Å². The van der Waals surface area contributed by atoms with Crippen molar-refractivity contribution in [2.24, 2.45) is 4.99 Å². The smallest absolute Gasteiger partial charge is 0.312 e. The van der Waals surface area contributed by atoms with Gasteiger partial charge in [-0.3, -0.25) is 4.57 Å². The zero-order valence-corrected chi connectivity index (χ0v) is 13.5. The highest BCUT2D eigenvalue weighted by molar-refractivity contribution is 5.83. The molecule has 1 aliphatic heterocycles. The number of fused-ring (bicyclic) bond motifs is 1. The van der Waals surface area contributed by atoms with E-state index in [9.17, 15) is 14.6 Å². The van der Waals surface area contributed by atoms with Crippen LogP contribution in [0.3, 0.4) is 0 Å². The summed E-state index contributed by atoms with van der Waals surface area (Å²) in [7, 11) is 3.54. The summed E-state index contributed by atoms with van der Waals surface area (Å²) in [6, 6.07) is 0. The second-order valence-corrected chi connectivity index (χ2v) is 5.80. The Bertz CT molecular complexity index is 764. The molecule has 0 spiro atoms. The minimum absolute atomic E-state index is 0.0741. The van der Waals surface area contributed by atoms with Crippen LogP contribution in [-0.4, -0.2) is 73.4 Å². The van der Waals surface area contributed by atoms with Crippen LogP contribution in [0.1, 0.15) is 19.6 Å². The van der Waals surface area contributed by atoms with Gasteiger partial charge in [-0.15, -0.1) is 0 Å². The van der Waals surface area contributed by atoms with Gasteiger partial charge in [-0.2, -0.15) is 14.4 Å². The molecule has 4 atom stereocenters. The first-order valence-electron chi connectivity index (χ1n) is 7.54. The summed E-state index contributed by atoms with van der Waals surface area (Å²) in [6.45, 7) is 1.84. The average Bonchev–Trinajstić information content (AvgIpc) is 3.07. The van der Waals surface area contributed by atoms with Crippen LogP contribution < -0.4 is 0 Å². The minimum Gasteiger partial charge on any atom is -0.388 e. The van der Waals surface area contributed by atoms with Crippen LogP contribution in [0.15, 0.2) is 11.3 Å². The van der Waals surface area contributed by atoms with Crippen LogP contribution in [-0.2, 0) is 4.74 Å². The van der Waals surface area contributed by atoms with Crippen LogP contribution >= 0.6 is 0 Å². The van der Waals surface area contributed by atoms with E-state index in [0.717, 1.165) is 0 Å². The number of ether oxygens (including phenoxy) is 1.